The molecule has 1 heterocycles. The Morgan fingerprint density at radius 2 is 1.78 bits per heavy atom. The Labute approximate surface area is 107 Å². The fraction of sp³-hybridized carbons (Fsp3) is 0.214. The summed E-state index contributed by atoms with van der Waals surface area (Å²) in [6, 6.07) is 10.7. The van der Waals surface area contributed by atoms with Crippen molar-refractivity contribution in [3.8, 4) is 17.7 Å². The third kappa shape index (κ3) is 3.87. The van der Waals surface area contributed by atoms with Crippen molar-refractivity contribution in [1.29, 1.82) is 5.26 Å². The van der Waals surface area contributed by atoms with Crippen LogP contribution < -0.4 is 4.74 Å². The van der Waals surface area contributed by atoms with Gasteiger partial charge < -0.3 is 4.74 Å². The molecule has 0 aliphatic heterocycles. The monoisotopic (exact) mass is 241 g/mol. The molecule has 4 heteroatoms. The molecule has 92 valence electrons. The summed E-state index contributed by atoms with van der Waals surface area (Å²) in [6.45, 7) is 5.87. The van der Waals surface area contributed by atoms with Gasteiger partial charge in [0, 0.05) is 11.8 Å². The number of benzene rings is 1. The van der Waals surface area contributed by atoms with E-state index in [9.17, 15) is 0 Å². The summed E-state index contributed by atoms with van der Waals surface area (Å²) >= 11 is 0. The highest BCUT2D eigenvalue weighted by Crippen LogP contribution is 2.19. The van der Waals surface area contributed by atoms with E-state index >= 15 is 0 Å². The van der Waals surface area contributed by atoms with Crippen molar-refractivity contribution in [2.45, 2.75) is 20.8 Å². The van der Waals surface area contributed by atoms with Crippen LogP contribution in [-0.4, -0.2) is 9.97 Å². The van der Waals surface area contributed by atoms with E-state index in [0.29, 0.717) is 17.2 Å². The first-order valence-corrected chi connectivity index (χ1v) is 5.74. The van der Waals surface area contributed by atoms with E-state index < -0.39 is 0 Å². The second-order valence-corrected chi connectivity index (χ2v) is 3.24. The predicted molar refractivity (Wildman–Crippen MR) is 69.3 cm³/mol. The predicted octanol–water partition coefficient (Wildman–Crippen LogP) is 3.48. The van der Waals surface area contributed by atoms with Crippen LogP contribution in [0.4, 0.5) is 0 Å². The van der Waals surface area contributed by atoms with Crippen molar-refractivity contribution in [1.82, 2.24) is 9.97 Å². The Kier molecular flexibility index (Phi) is 5.33. The molecule has 0 spiro atoms. The van der Waals surface area contributed by atoms with Gasteiger partial charge in [-0.1, -0.05) is 13.8 Å². The van der Waals surface area contributed by atoms with Crippen molar-refractivity contribution in [3.05, 3.63) is 47.9 Å². The second kappa shape index (κ2) is 7.02. The fourth-order valence-electron chi connectivity index (χ4n) is 1.20. The third-order valence-corrected chi connectivity index (χ3v) is 1.98. The van der Waals surface area contributed by atoms with Crippen LogP contribution in [-0.2, 0) is 0 Å². The zero-order valence-corrected chi connectivity index (χ0v) is 10.7. The average molecular weight is 241 g/mol. The van der Waals surface area contributed by atoms with Crippen molar-refractivity contribution in [3.63, 3.8) is 0 Å². The normalized spacial score (nSPS) is 8.78. The van der Waals surface area contributed by atoms with Crippen LogP contribution in [0.15, 0.2) is 36.7 Å². The van der Waals surface area contributed by atoms with Gasteiger partial charge in [0.15, 0.2) is 0 Å². The molecule has 0 radical (unpaired) electrons. The van der Waals surface area contributed by atoms with Crippen molar-refractivity contribution in [2.75, 3.05) is 0 Å². The third-order valence-electron chi connectivity index (χ3n) is 1.98. The van der Waals surface area contributed by atoms with Gasteiger partial charge in [-0.15, -0.1) is 0 Å². The van der Waals surface area contributed by atoms with E-state index in [0.717, 1.165) is 5.69 Å². The maximum absolute atomic E-state index is 8.64. The molecule has 0 N–H and O–H groups in total. The molecule has 0 unspecified atom stereocenters. The van der Waals surface area contributed by atoms with Crippen molar-refractivity contribution < 1.29 is 4.74 Å². The summed E-state index contributed by atoms with van der Waals surface area (Å²) < 4.78 is 5.50. The van der Waals surface area contributed by atoms with Crippen molar-refractivity contribution >= 4 is 0 Å². The molecular weight excluding hydrogens is 226 g/mol. The van der Waals surface area contributed by atoms with E-state index in [2.05, 4.69) is 9.97 Å². The number of rotatable bonds is 2. The maximum Gasteiger partial charge on any atom is 0.222 e. The smallest absolute Gasteiger partial charge is 0.222 e. The maximum atomic E-state index is 8.64. The van der Waals surface area contributed by atoms with Crippen LogP contribution in [0.2, 0.25) is 0 Å². The molecule has 4 nitrogen and oxygen atoms in total. The van der Waals surface area contributed by atoms with E-state index in [4.69, 9.17) is 10.00 Å². The Morgan fingerprint density at radius 3 is 2.33 bits per heavy atom. The lowest BCUT2D eigenvalue weighted by Crippen LogP contribution is -1.90. The lowest BCUT2D eigenvalue weighted by atomic mass is 10.2. The number of ether oxygens (including phenoxy) is 1. The average Bonchev–Trinajstić information content (AvgIpc) is 2.42. The number of aryl methyl sites for hydroxylation is 1. The van der Waals surface area contributed by atoms with Crippen LogP contribution in [0, 0.1) is 18.3 Å². The van der Waals surface area contributed by atoms with Crippen LogP contribution in [0.1, 0.15) is 25.1 Å². The van der Waals surface area contributed by atoms with Gasteiger partial charge in [-0.05, 0) is 31.2 Å². The number of nitriles is 1. The molecule has 2 aromatic rings. The molecule has 0 aliphatic carbocycles. The quantitative estimate of drug-likeness (QED) is 0.807. The van der Waals surface area contributed by atoms with E-state index in [1.165, 1.54) is 6.33 Å². The minimum atomic E-state index is 0.497. The molecule has 0 saturated heterocycles. The zero-order chi connectivity index (χ0) is 13.4. The van der Waals surface area contributed by atoms with Gasteiger partial charge >= 0.3 is 0 Å². The lowest BCUT2D eigenvalue weighted by Gasteiger charge is -2.04. The molecule has 18 heavy (non-hydrogen) atoms. The highest BCUT2D eigenvalue weighted by molar-refractivity contribution is 5.36. The first-order chi connectivity index (χ1) is 8.78. The second-order valence-electron chi connectivity index (χ2n) is 3.24. The van der Waals surface area contributed by atoms with E-state index in [1.807, 2.05) is 26.8 Å². The van der Waals surface area contributed by atoms with Gasteiger partial charge in [0.05, 0.1) is 11.6 Å². The summed E-state index contributed by atoms with van der Waals surface area (Å²) in [5.74, 6) is 1.15. The summed E-state index contributed by atoms with van der Waals surface area (Å²) in [4.78, 5) is 7.95. The molecule has 0 fully saturated rings. The summed E-state index contributed by atoms with van der Waals surface area (Å²) in [5, 5.41) is 8.64. The lowest BCUT2D eigenvalue weighted by molar-refractivity contribution is 0.460. The van der Waals surface area contributed by atoms with Crippen LogP contribution in [0.25, 0.3) is 0 Å². The van der Waals surface area contributed by atoms with E-state index in [-0.39, 0.29) is 0 Å². The SMILES string of the molecule is CC.Cc1cc(Oc2ccc(C#N)cc2)ncn1. The summed E-state index contributed by atoms with van der Waals surface area (Å²) in [6.07, 6.45) is 1.45. The number of nitrogens with zero attached hydrogens (tertiary/aromatic N) is 3. The summed E-state index contributed by atoms with van der Waals surface area (Å²) in [7, 11) is 0. The number of hydrogen-bond acceptors (Lipinski definition) is 4. The topological polar surface area (TPSA) is 58.8 Å². The molecular formula is C14H15N3O. The fourth-order valence-corrected chi connectivity index (χ4v) is 1.20. The van der Waals surface area contributed by atoms with Crippen LogP contribution in [0.3, 0.4) is 0 Å². The Hall–Kier alpha value is -2.41. The van der Waals surface area contributed by atoms with E-state index in [1.54, 1.807) is 30.3 Å². The highest BCUT2D eigenvalue weighted by Gasteiger charge is 1.99. The molecule has 0 saturated carbocycles. The molecule has 0 aliphatic rings. The van der Waals surface area contributed by atoms with Gasteiger partial charge in [0.2, 0.25) is 5.88 Å². The molecule has 1 aromatic carbocycles. The molecule has 0 bridgehead atoms. The molecule has 0 amide bonds. The van der Waals surface area contributed by atoms with Gasteiger partial charge in [0.25, 0.3) is 0 Å². The number of aromatic nitrogens is 2. The number of hydrogen-bond donors (Lipinski definition) is 0. The highest BCUT2D eigenvalue weighted by atomic mass is 16.5. The molecule has 2 rings (SSSR count). The largest absolute Gasteiger partial charge is 0.439 e. The molecule has 1 aromatic heterocycles. The Balaban J connectivity index is 0.000000771. The van der Waals surface area contributed by atoms with Gasteiger partial charge in [-0.3, -0.25) is 0 Å². The van der Waals surface area contributed by atoms with Gasteiger partial charge in [0.1, 0.15) is 12.1 Å². The minimum absolute atomic E-state index is 0.497. The summed E-state index contributed by atoms with van der Waals surface area (Å²) in [5.41, 5.74) is 1.45. The first-order valence-electron chi connectivity index (χ1n) is 5.74. The zero-order valence-electron chi connectivity index (χ0n) is 10.7. The Morgan fingerprint density at radius 1 is 1.11 bits per heavy atom. The Bertz CT molecular complexity index is 529. The molecule has 0 atom stereocenters. The van der Waals surface area contributed by atoms with Crippen molar-refractivity contribution in [2.24, 2.45) is 0 Å². The first kappa shape index (κ1) is 13.7. The van der Waals surface area contributed by atoms with Crippen LogP contribution >= 0.6 is 0 Å². The van der Waals surface area contributed by atoms with Gasteiger partial charge in [-0.2, -0.15) is 5.26 Å². The van der Waals surface area contributed by atoms with Crippen LogP contribution in [0.5, 0.6) is 11.6 Å². The van der Waals surface area contributed by atoms with Gasteiger partial charge in [-0.25, -0.2) is 9.97 Å². The minimum Gasteiger partial charge on any atom is -0.439 e. The standard InChI is InChI=1S/C12H9N3O.C2H6/c1-9-6-12(15-8-14-9)16-11-4-2-10(7-13)3-5-11;1-2/h2-6,8H,1H3;1-2H3.